The molecular formula is C36H34N2Si2. The Balaban J connectivity index is 0.000000220. The molecule has 0 aliphatic heterocycles. The van der Waals surface area contributed by atoms with Crippen LogP contribution in [0, 0.1) is 46.6 Å². The lowest BCUT2D eigenvalue weighted by atomic mass is 10.1. The molecule has 4 aromatic rings. The van der Waals surface area contributed by atoms with Crippen molar-refractivity contribution in [3.63, 3.8) is 0 Å². The van der Waals surface area contributed by atoms with E-state index in [9.17, 15) is 0 Å². The molecule has 196 valence electrons. The lowest BCUT2D eigenvalue weighted by molar-refractivity contribution is 1.31. The Morgan fingerprint density at radius 3 is 1.07 bits per heavy atom. The highest BCUT2D eigenvalue weighted by Crippen LogP contribution is 2.06. The van der Waals surface area contributed by atoms with Gasteiger partial charge in [0.1, 0.15) is 16.1 Å². The second-order valence-corrected chi connectivity index (χ2v) is 20.6. The molecule has 2 aromatic heterocycles. The monoisotopic (exact) mass is 550 g/mol. The molecule has 0 bridgehead atoms. The minimum Gasteiger partial charge on any atom is -0.263 e. The minimum atomic E-state index is -1.33. The van der Waals surface area contributed by atoms with Crippen LogP contribution >= 0.6 is 0 Å². The molecule has 40 heavy (non-hydrogen) atoms. The molecule has 0 saturated heterocycles. The van der Waals surface area contributed by atoms with E-state index in [-0.39, 0.29) is 0 Å². The Kier molecular flexibility index (Phi) is 10.9. The zero-order chi connectivity index (χ0) is 28.8. The summed E-state index contributed by atoms with van der Waals surface area (Å²) in [5.74, 6) is 19.0. The minimum absolute atomic E-state index is 0.922. The Labute approximate surface area is 242 Å². The highest BCUT2D eigenvalue weighted by Gasteiger charge is 2.08. The molecule has 0 fully saturated rings. The fourth-order valence-corrected chi connectivity index (χ4v) is 4.07. The molecule has 0 saturated carbocycles. The number of hydrogen-bond donors (Lipinski definition) is 0. The molecule has 4 rings (SSSR count). The summed E-state index contributed by atoms with van der Waals surface area (Å²) in [6.45, 7) is 13.5. The Morgan fingerprint density at radius 2 is 0.750 bits per heavy atom. The Morgan fingerprint density at radius 1 is 0.425 bits per heavy atom. The van der Waals surface area contributed by atoms with Gasteiger partial charge in [-0.1, -0.05) is 86.9 Å². The van der Waals surface area contributed by atoms with Crippen LogP contribution in [0.4, 0.5) is 0 Å². The largest absolute Gasteiger partial charge is 0.263 e. The van der Waals surface area contributed by atoms with Gasteiger partial charge in [0.05, 0.1) is 0 Å². The maximum absolute atomic E-state index is 4.05. The van der Waals surface area contributed by atoms with Crippen LogP contribution in [0.1, 0.15) is 33.4 Å². The van der Waals surface area contributed by atoms with E-state index in [0.29, 0.717) is 0 Å². The SMILES string of the molecule is C[Si](C)(C)C#Cc1cccc(C#Cc2cccnc2)c1.C[Si](C)(C)C#Cc1cccc(C#Cc2cccnc2)c1. The lowest BCUT2D eigenvalue weighted by Gasteiger charge is -2.03. The van der Waals surface area contributed by atoms with Crippen LogP contribution in [0.3, 0.4) is 0 Å². The fraction of sp³-hybridized carbons (Fsp3) is 0.167. The molecule has 2 aromatic carbocycles. The van der Waals surface area contributed by atoms with Crippen molar-refractivity contribution in [1.82, 2.24) is 9.97 Å². The zero-order valence-electron chi connectivity index (χ0n) is 24.1. The van der Waals surface area contributed by atoms with Gasteiger partial charge in [-0.25, -0.2) is 0 Å². The van der Waals surface area contributed by atoms with Gasteiger partial charge < -0.3 is 0 Å². The summed E-state index contributed by atoms with van der Waals surface area (Å²) in [7, 11) is -2.67. The van der Waals surface area contributed by atoms with Gasteiger partial charge in [0, 0.05) is 58.2 Å². The summed E-state index contributed by atoms with van der Waals surface area (Å²) in [5, 5.41) is 0. The summed E-state index contributed by atoms with van der Waals surface area (Å²) in [6.07, 6.45) is 7.03. The van der Waals surface area contributed by atoms with Crippen molar-refractivity contribution >= 4 is 16.1 Å². The number of nitrogens with zero attached hydrogens (tertiary/aromatic N) is 2. The predicted octanol–water partition coefficient (Wildman–Crippen LogP) is 7.42. The van der Waals surface area contributed by atoms with Crippen LogP contribution < -0.4 is 0 Å². The summed E-state index contributed by atoms with van der Waals surface area (Å²) in [4.78, 5) is 8.10. The van der Waals surface area contributed by atoms with E-state index in [1.807, 2.05) is 72.8 Å². The Hall–Kier alpha value is -4.59. The number of hydrogen-bond acceptors (Lipinski definition) is 2. The standard InChI is InChI=1S/2C18H17NSi/c2*1-20(2,3)13-11-17-7-4-6-16(14-17)9-10-18-8-5-12-19-15-18/h2*4-8,12,14-15H,1-3H3. The fourth-order valence-electron chi connectivity index (χ4n) is 3.03. The first-order chi connectivity index (χ1) is 19.1. The van der Waals surface area contributed by atoms with Gasteiger partial charge >= 0.3 is 0 Å². The van der Waals surface area contributed by atoms with Crippen molar-refractivity contribution in [2.75, 3.05) is 0 Å². The van der Waals surface area contributed by atoms with Gasteiger partial charge in [0.2, 0.25) is 0 Å². The predicted molar refractivity (Wildman–Crippen MR) is 174 cm³/mol. The Bertz CT molecular complexity index is 1540. The summed E-state index contributed by atoms with van der Waals surface area (Å²) in [5.41, 5.74) is 12.6. The van der Waals surface area contributed by atoms with Crippen LogP contribution in [0.15, 0.2) is 97.6 Å². The third-order valence-electron chi connectivity index (χ3n) is 4.91. The van der Waals surface area contributed by atoms with Gasteiger partial charge in [0.15, 0.2) is 0 Å². The second kappa shape index (κ2) is 14.5. The van der Waals surface area contributed by atoms with E-state index in [0.717, 1.165) is 33.4 Å². The van der Waals surface area contributed by atoms with Crippen molar-refractivity contribution in [3.05, 3.63) is 131 Å². The van der Waals surface area contributed by atoms with Gasteiger partial charge in [-0.2, -0.15) is 0 Å². The first-order valence-corrected chi connectivity index (χ1v) is 20.2. The summed E-state index contributed by atoms with van der Waals surface area (Å²) in [6, 6.07) is 23.8. The average molecular weight is 551 g/mol. The first kappa shape index (κ1) is 30.0. The molecule has 0 radical (unpaired) electrons. The molecule has 0 aliphatic carbocycles. The van der Waals surface area contributed by atoms with Crippen LogP contribution in [0.2, 0.25) is 39.3 Å². The molecule has 2 heterocycles. The third-order valence-corrected chi connectivity index (χ3v) is 6.66. The van der Waals surface area contributed by atoms with Crippen LogP contribution in [-0.4, -0.2) is 26.1 Å². The third kappa shape index (κ3) is 12.3. The van der Waals surface area contributed by atoms with Gasteiger partial charge in [0.25, 0.3) is 0 Å². The summed E-state index contributed by atoms with van der Waals surface area (Å²) < 4.78 is 0. The molecule has 0 amide bonds. The lowest BCUT2D eigenvalue weighted by Crippen LogP contribution is -2.16. The van der Waals surface area contributed by atoms with E-state index in [1.54, 1.807) is 24.8 Å². The van der Waals surface area contributed by atoms with E-state index in [4.69, 9.17) is 0 Å². The van der Waals surface area contributed by atoms with Gasteiger partial charge in [-0.3, -0.25) is 9.97 Å². The van der Waals surface area contributed by atoms with Crippen LogP contribution in [-0.2, 0) is 0 Å². The molecule has 0 atom stereocenters. The van der Waals surface area contributed by atoms with Gasteiger partial charge in [-0.15, -0.1) is 11.1 Å². The van der Waals surface area contributed by atoms with Crippen LogP contribution in [0.25, 0.3) is 0 Å². The number of benzene rings is 2. The highest BCUT2D eigenvalue weighted by atomic mass is 28.3. The first-order valence-electron chi connectivity index (χ1n) is 13.2. The number of rotatable bonds is 0. The highest BCUT2D eigenvalue weighted by molar-refractivity contribution is 6.84. The molecule has 0 N–H and O–H groups in total. The number of pyridine rings is 2. The zero-order valence-corrected chi connectivity index (χ0v) is 26.1. The molecular weight excluding hydrogens is 517 g/mol. The van der Waals surface area contributed by atoms with E-state index in [1.165, 1.54) is 0 Å². The average Bonchev–Trinajstić information content (AvgIpc) is 2.94. The van der Waals surface area contributed by atoms with Crippen molar-refractivity contribution in [2.45, 2.75) is 39.3 Å². The van der Waals surface area contributed by atoms with Crippen molar-refractivity contribution in [3.8, 4) is 46.6 Å². The molecule has 2 nitrogen and oxygen atoms in total. The maximum Gasteiger partial charge on any atom is 0.129 e. The van der Waals surface area contributed by atoms with Crippen molar-refractivity contribution in [2.24, 2.45) is 0 Å². The van der Waals surface area contributed by atoms with Crippen molar-refractivity contribution in [1.29, 1.82) is 0 Å². The molecule has 0 spiro atoms. The van der Waals surface area contributed by atoms with E-state index < -0.39 is 16.1 Å². The smallest absolute Gasteiger partial charge is 0.129 e. The van der Waals surface area contributed by atoms with E-state index >= 15 is 0 Å². The maximum atomic E-state index is 4.05. The van der Waals surface area contributed by atoms with Gasteiger partial charge in [-0.05, 0) is 60.7 Å². The molecule has 0 unspecified atom stereocenters. The van der Waals surface area contributed by atoms with Crippen LogP contribution in [0.5, 0.6) is 0 Å². The topological polar surface area (TPSA) is 25.8 Å². The second-order valence-electron chi connectivity index (χ2n) is 11.1. The number of aromatic nitrogens is 2. The molecule has 4 heteroatoms. The quantitative estimate of drug-likeness (QED) is 0.168. The summed E-state index contributed by atoms with van der Waals surface area (Å²) >= 11 is 0. The molecule has 0 aliphatic rings. The van der Waals surface area contributed by atoms with E-state index in [2.05, 4.69) is 95.9 Å². The normalized spacial score (nSPS) is 9.95. The van der Waals surface area contributed by atoms with Crippen molar-refractivity contribution < 1.29 is 0 Å².